The van der Waals surface area contributed by atoms with E-state index in [1.165, 1.54) is 0 Å². The zero-order valence-corrected chi connectivity index (χ0v) is 18.8. The summed E-state index contributed by atoms with van der Waals surface area (Å²) >= 11 is 0. The minimum absolute atomic E-state index is 0.0786. The molecule has 0 spiro atoms. The minimum atomic E-state index is -0.800. The number of nitrogens with one attached hydrogen (secondary N) is 2. The quantitative estimate of drug-likeness (QED) is 0.623. The van der Waals surface area contributed by atoms with Crippen LogP contribution in [0.15, 0.2) is 54.6 Å². The molecule has 1 unspecified atom stereocenters. The highest BCUT2D eigenvalue weighted by Crippen LogP contribution is 2.22. The number of rotatable bonds is 7. The molecule has 4 amide bonds. The molecule has 9 nitrogen and oxygen atoms in total. The van der Waals surface area contributed by atoms with E-state index in [0.29, 0.717) is 11.1 Å². The molecule has 0 saturated heterocycles. The van der Waals surface area contributed by atoms with Crippen LogP contribution in [-0.4, -0.2) is 53.6 Å². The predicted octanol–water partition coefficient (Wildman–Crippen LogP) is 3.10. The SMILES string of the molecule is CC(C)(C)OC(=O)NC(CNC(=O)OCc1ccccc1)CN1C(=O)c2ccccc2C1=O. The predicted molar refractivity (Wildman–Crippen MR) is 120 cm³/mol. The Bertz CT molecular complexity index is 997. The monoisotopic (exact) mass is 453 g/mol. The van der Waals surface area contributed by atoms with Gasteiger partial charge in [0.1, 0.15) is 12.2 Å². The molecular weight excluding hydrogens is 426 g/mol. The van der Waals surface area contributed by atoms with Crippen molar-refractivity contribution in [1.29, 1.82) is 0 Å². The van der Waals surface area contributed by atoms with Crippen LogP contribution in [-0.2, 0) is 16.1 Å². The molecule has 0 aromatic heterocycles. The molecule has 1 atom stereocenters. The van der Waals surface area contributed by atoms with Crippen LogP contribution in [0.1, 0.15) is 47.1 Å². The van der Waals surface area contributed by atoms with Gasteiger partial charge in [-0.15, -0.1) is 0 Å². The third-order valence-electron chi connectivity index (χ3n) is 4.71. The molecule has 1 heterocycles. The maximum atomic E-state index is 12.7. The highest BCUT2D eigenvalue weighted by Gasteiger charge is 2.37. The summed E-state index contributed by atoms with van der Waals surface area (Å²) in [5.41, 5.74) is 0.677. The van der Waals surface area contributed by atoms with E-state index in [1.54, 1.807) is 45.0 Å². The van der Waals surface area contributed by atoms with Gasteiger partial charge in [0.2, 0.25) is 0 Å². The number of fused-ring (bicyclic) bond motifs is 1. The molecule has 0 radical (unpaired) electrons. The van der Waals surface area contributed by atoms with Gasteiger partial charge in [-0.05, 0) is 38.5 Å². The molecule has 1 aliphatic rings. The zero-order valence-electron chi connectivity index (χ0n) is 18.8. The maximum absolute atomic E-state index is 12.7. The fourth-order valence-electron chi connectivity index (χ4n) is 3.24. The van der Waals surface area contributed by atoms with Crippen molar-refractivity contribution in [2.24, 2.45) is 0 Å². The summed E-state index contributed by atoms with van der Waals surface area (Å²) in [5.74, 6) is -0.920. The van der Waals surface area contributed by atoms with Gasteiger partial charge >= 0.3 is 12.2 Å². The van der Waals surface area contributed by atoms with Gasteiger partial charge in [0, 0.05) is 6.54 Å². The number of benzene rings is 2. The maximum Gasteiger partial charge on any atom is 0.407 e. The van der Waals surface area contributed by atoms with Crippen molar-refractivity contribution in [3.63, 3.8) is 0 Å². The molecule has 174 valence electrons. The number of imide groups is 1. The molecule has 3 rings (SSSR count). The van der Waals surface area contributed by atoms with Gasteiger partial charge in [0.25, 0.3) is 11.8 Å². The van der Waals surface area contributed by atoms with Crippen molar-refractivity contribution in [3.05, 3.63) is 71.3 Å². The normalized spacial score (nSPS) is 13.8. The van der Waals surface area contributed by atoms with Crippen LogP contribution >= 0.6 is 0 Å². The number of carbonyl (C=O) groups excluding carboxylic acids is 4. The Hall–Kier alpha value is -3.88. The van der Waals surface area contributed by atoms with Gasteiger partial charge in [0.15, 0.2) is 0 Å². The Labute approximate surface area is 192 Å². The number of ether oxygens (including phenoxy) is 2. The Morgan fingerprint density at radius 1 is 0.909 bits per heavy atom. The van der Waals surface area contributed by atoms with Crippen LogP contribution in [0.2, 0.25) is 0 Å². The van der Waals surface area contributed by atoms with Crippen molar-refractivity contribution in [3.8, 4) is 0 Å². The zero-order chi connectivity index (χ0) is 24.0. The Morgan fingerprint density at radius 3 is 2.06 bits per heavy atom. The van der Waals surface area contributed by atoms with Gasteiger partial charge in [-0.25, -0.2) is 9.59 Å². The molecule has 0 saturated carbocycles. The third-order valence-corrected chi connectivity index (χ3v) is 4.71. The number of nitrogens with zero attached hydrogens (tertiary/aromatic N) is 1. The Morgan fingerprint density at radius 2 is 1.48 bits per heavy atom. The van der Waals surface area contributed by atoms with Gasteiger partial charge in [0.05, 0.1) is 23.7 Å². The Kier molecular flexibility index (Phi) is 7.32. The van der Waals surface area contributed by atoms with E-state index in [2.05, 4.69) is 10.6 Å². The lowest BCUT2D eigenvalue weighted by Gasteiger charge is -2.26. The van der Waals surface area contributed by atoms with Gasteiger partial charge < -0.3 is 20.1 Å². The largest absolute Gasteiger partial charge is 0.445 e. The third kappa shape index (κ3) is 6.55. The van der Waals surface area contributed by atoms with Crippen LogP contribution in [0.5, 0.6) is 0 Å². The fraction of sp³-hybridized carbons (Fsp3) is 0.333. The van der Waals surface area contributed by atoms with Crippen molar-refractivity contribution in [2.75, 3.05) is 13.1 Å². The lowest BCUT2D eigenvalue weighted by Crippen LogP contribution is -2.52. The number of amides is 4. The van der Waals surface area contributed by atoms with Crippen LogP contribution in [0.3, 0.4) is 0 Å². The fourth-order valence-corrected chi connectivity index (χ4v) is 3.24. The molecule has 0 aliphatic carbocycles. The summed E-state index contributed by atoms with van der Waals surface area (Å²) in [6, 6.07) is 14.9. The lowest BCUT2D eigenvalue weighted by atomic mass is 10.1. The average molecular weight is 453 g/mol. The molecule has 33 heavy (non-hydrogen) atoms. The van der Waals surface area contributed by atoms with E-state index in [-0.39, 0.29) is 19.7 Å². The van der Waals surface area contributed by atoms with Crippen LogP contribution in [0.4, 0.5) is 9.59 Å². The molecular formula is C24H27N3O6. The minimum Gasteiger partial charge on any atom is -0.445 e. The van der Waals surface area contributed by atoms with Crippen LogP contribution in [0, 0.1) is 0 Å². The number of alkyl carbamates (subject to hydrolysis) is 2. The lowest BCUT2D eigenvalue weighted by molar-refractivity contribution is 0.0466. The van der Waals surface area contributed by atoms with Gasteiger partial charge in [-0.3, -0.25) is 14.5 Å². The first-order chi connectivity index (χ1) is 15.6. The summed E-state index contributed by atoms with van der Waals surface area (Å²) in [6.07, 6.45) is -1.43. The van der Waals surface area contributed by atoms with Crippen molar-refractivity contribution in [2.45, 2.75) is 39.0 Å². The highest BCUT2D eigenvalue weighted by atomic mass is 16.6. The van der Waals surface area contributed by atoms with E-state index in [1.807, 2.05) is 30.3 Å². The number of carbonyl (C=O) groups is 4. The van der Waals surface area contributed by atoms with Crippen molar-refractivity contribution >= 4 is 24.0 Å². The first-order valence-electron chi connectivity index (χ1n) is 10.5. The summed E-state index contributed by atoms with van der Waals surface area (Å²) in [6.45, 7) is 4.99. The van der Waals surface area contributed by atoms with Gasteiger partial charge in [-0.1, -0.05) is 42.5 Å². The average Bonchev–Trinajstić information content (AvgIpc) is 3.00. The van der Waals surface area contributed by atoms with E-state index in [9.17, 15) is 19.2 Å². The summed E-state index contributed by atoms with van der Waals surface area (Å²) < 4.78 is 10.5. The first-order valence-corrected chi connectivity index (χ1v) is 10.5. The van der Waals surface area contributed by atoms with Crippen molar-refractivity contribution < 1.29 is 28.7 Å². The van der Waals surface area contributed by atoms with E-state index >= 15 is 0 Å². The van der Waals surface area contributed by atoms with Crippen LogP contribution in [0.25, 0.3) is 0 Å². The number of hydrogen-bond acceptors (Lipinski definition) is 6. The number of hydrogen-bond donors (Lipinski definition) is 2. The second-order valence-electron chi connectivity index (χ2n) is 8.55. The van der Waals surface area contributed by atoms with E-state index < -0.39 is 35.6 Å². The van der Waals surface area contributed by atoms with Gasteiger partial charge in [-0.2, -0.15) is 0 Å². The molecule has 9 heteroatoms. The van der Waals surface area contributed by atoms with E-state index in [0.717, 1.165) is 10.5 Å². The van der Waals surface area contributed by atoms with E-state index in [4.69, 9.17) is 9.47 Å². The summed E-state index contributed by atoms with van der Waals surface area (Å²) in [4.78, 5) is 50.9. The first kappa shape index (κ1) is 23.8. The summed E-state index contributed by atoms with van der Waals surface area (Å²) in [7, 11) is 0. The topological polar surface area (TPSA) is 114 Å². The molecule has 2 aromatic rings. The second kappa shape index (κ2) is 10.2. The molecule has 2 aromatic carbocycles. The molecule has 1 aliphatic heterocycles. The smallest absolute Gasteiger partial charge is 0.407 e. The Balaban J connectivity index is 1.63. The van der Waals surface area contributed by atoms with Crippen LogP contribution < -0.4 is 10.6 Å². The van der Waals surface area contributed by atoms with Crippen molar-refractivity contribution in [1.82, 2.24) is 15.5 Å². The highest BCUT2D eigenvalue weighted by molar-refractivity contribution is 6.21. The molecule has 0 bridgehead atoms. The summed E-state index contributed by atoms with van der Waals surface area (Å²) in [5, 5.41) is 5.19. The standard InChI is InChI=1S/C24H27N3O6/c1-24(2,3)33-23(31)26-17(13-25-22(30)32-15-16-9-5-4-6-10-16)14-27-20(28)18-11-7-8-12-19(18)21(27)29/h4-12,17H,13-15H2,1-3H3,(H,25,30)(H,26,31). The molecule has 0 fully saturated rings. The second-order valence-corrected chi connectivity index (χ2v) is 8.55. The molecule has 2 N–H and O–H groups in total.